The molecular formula is C7H4BF3. The fourth-order valence-electron chi connectivity index (χ4n) is 0.704. The third-order valence-corrected chi connectivity index (χ3v) is 1.42. The minimum absolute atomic E-state index is 0.350. The molecule has 0 aliphatic rings. The van der Waals surface area contributed by atoms with E-state index < -0.39 is 22.9 Å². The second kappa shape index (κ2) is 2.60. The summed E-state index contributed by atoms with van der Waals surface area (Å²) in [5.74, 6) is -3.24. The normalized spacial score (nSPS) is 10.2. The van der Waals surface area contributed by atoms with Crippen LogP contribution in [0.1, 0.15) is 5.56 Å². The first-order chi connectivity index (χ1) is 5.04. The standard InChI is InChI=1S/C7H4BF3/c1-3-5(9)2-4(8)7(11)6(3)10/h2H,1H3. The zero-order valence-corrected chi connectivity index (χ0v) is 5.79. The van der Waals surface area contributed by atoms with E-state index in [0.29, 0.717) is 0 Å². The number of halogens is 3. The average Bonchev–Trinajstić information content (AvgIpc) is 1.97. The number of hydrogen-bond donors (Lipinski definition) is 0. The van der Waals surface area contributed by atoms with Gasteiger partial charge >= 0.3 is 0 Å². The topological polar surface area (TPSA) is 0 Å². The summed E-state index contributed by atoms with van der Waals surface area (Å²) in [7, 11) is 4.94. The van der Waals surface area contributed by atoms with Gasteiger partial charge in [-0.1, -0.05) is 5.46 Å². The maximum absolute atomic E-state index is 12.6. The number of rotatable bonds is 0. The highest BCUT2D eigenvalue weighted by atomic mass is 19.2. The molecular weight excluding hydrogens is 152 g/mol. The van der Waals surface area contributed by atoms with Crippen LogP contribution in [0, 0.1) is 24.4 Å². The molecule has 0 aliphatic heterocycles. The maximum atomic E-state index is 12.6. The van der Waals surface area contributed by atoms with Gasteiger partial charge in [0.25, 0.3) is 0 Å². The Morgan fingerprint density at radius 1 is 1.18 bits per heavy atom. The van der Waals surface area contributed by atoms with Gasteiger partial charge in [-0.15, -0.1) is 0 Å². The first kappa shape index (κ1) is 8.17. The molecule has 0 N–H and O–H groups in total. The molecule has 1 aromatic rings. The molecule has 1 rings (SSSR count). The lowest BCUT2D eigenvalue weighted by Crippen LogP contribution is -2.13. The SMILES string of the molecule is [B]c1cc(F)c(C)c(F)c1F. The van der Waals surface area contributed by atoms with Gasteiger partial charge in [0.1, 0.15) is 13.7 Å². The van der Waals surface area contributed by atoms with Crippen molar-refractivity contribution < 1.29 is 13.2 Å². The molecule has 1 aromatic carbocycles. The summed E-state index contributed by atoms with van der Waals surface area (Å²) in [5, 5.41) is 0. The summed E-state index contributed by atoms with van der Waals surface area (Å²) >= 11 is 0. The molecule has 4 heteroatoms. The van der Waals surface area contributed by atoms with E-state index in [-0.39, 0.29) is 5.56 Å². The van der Waals surface area contributed by atoms with Crippen LogP contribution in [0.4, 0.5) is 13.2 Å². The Kier molecular flexibility index (Phi) is 1.93. The summed E-state index contributed by atoms with van der Waals surface area (Å²) in [6.45, 7) is 1.15. The molecule has 0 spiro atoms. The van der Waals surface area contributed by atoms with Crippen molar-refractivity contribution >= 4 is 13.3 Å². The molecule has 2 radical (unpaired) electrons. The quantitative estimate of drug-likeness (QED) is 0.391. The molecule has 0 bridgehead atoms. The van der Waals surface area contributed by atoms with Gasteiger partial charge in [-0.3, -0.25) is 0 Å². The Morgan fingerprint density at radius 3 is 2.27 bits per heavy atom. The molecule has 0 fully saturated rings. The van der Waals surface area contributed by atoms with E-state index >= 15 is 0 Å². The molecule has 0 aliphatic carbocycles. The zero-order chi connectivity index (χ0) is 8.59. The first-order valence-electron chi connectivity index (χ1n) is 2.93. The molecule has 0 aromatic heterocycles. The summed E-state index contributed by atoms with van der Waals surface area (Å²) in [6, 6.07) is 0.758. The van der Waals surface area contributed by atoms with Crippen LogP contribution in [0.2, 0.25) is 0 Å². The second-order valence-corrected chi connectivity index (χ2v) is 2.20. The van der Waals surface area contributed by atoms with Gasteiger partial charge in [0.05, 0.1) is 0 Å². The highest BCUT2D eigenvalue weighted by molar-refractivity contribution is 6.32. The van der Waals surface area contributed by atoms with Gasteiger partial charge < -0.3 is 0 Å². The fourth-order valence-corrected chi connectivity index (χ4v) is 0.704. The molecule has 11 heavy (non-hydrogen) atoms. The molecule has 0 amide bonds. The largest absolute Gasteiger partial charge is 0.207 e. The van der Waals surface area contributed by atoms with Crippen LogP contribution in [0.25, 0.3) is 0 Å². The van der Waals surface area contributed by atoms with Crippen molar-refractivity contribution in [3.8, 4) is 0 Å². The van der Waals surface area contributed by atoms with E-state index in [2.05, 4.69) is 0 Å². The third kappa shape index (κ3) is 1.25. The van der Waals surface area contributed by atoms with Crippen LogP contribution < -0.4 is 5.46 Å². The van der Waals surface area contributed by atoms with E-state index in [9.17, 15) is 13.2 Å². The maximum Gasteiger partial charge on any atom is 0.164 e. The Hall–Kier alpha value is -0.925. The Balaban J connectivity index is 3.46. The van der Waals surface area contributed by atoms with Gasteiger partial charge in [-0.05, 0) is 13.0 Å². The van der Waals surface area contributed by atoms with E-state index in [4.69, 9.17) is 7.85 Å². The zero-order valence-electron chi connectivity index (χ0n) is 5.79. The van der Waals surface area contributed by atoms with Gasteiger partial charge in [0.15, 0.2) is 11.6 Å². The Morgan fingerprint density at radius 2 is 1.73 bits per heavy atom. The predicted octanol–water partition coefficient (Wildman–Crippen LogP) is 1.21. The third-order valence-electron chi connectivity index (χ3n) is 1.42. The summed E-state index contributed by atoms with van der Waals surface area (Å²) < 4.78 is 37.6. The summed E-state index contributed by atoms with van der Waals surface area (Å²) in [5.41, 5.74) is -0.859. The predicted molar refractivity (Wildman–Crippen MR) is 36.4 cm³/mol. The molecule has 0 unspecified atom stereocenters. The van der Waals surface area contributed by atoms with Crippen LogP contribution in [-0.4, -0.2) is 7.85 Å². The fraction of sp³-hybridized carbons (Fsp3) is 0.143. The lowest BCUT2D eigenvalue weighted by atomic mass is 9.94. The van der Waals surface area contributed by atoms with Crippen LogP contribution >= 0.6 is 0 Å². The highest BCUT2D eigenvalue weighted by Gasteiger charge is 2.11. The van der Waals surface area contributed by atoms with Crippen LogP contribution in [0.5, 0.6) is 0 Å². The average molecular weight is 156 g/mol. The first-order valence-corrected chi connectivity index (χ1v) is 2.93. The number of benzene rings is 1. The monoisotopic (exact) mass is 156 g/mol. The molecule has 56 valence electrons. The minimum atomic E-state index is -1.22. The van der Waals surface area contributed by atoms with Crippen LogP contribution in [-0.2, 0) is 0 Å². The molecule has 0 saturated carbocycles. The van der Waals surface area contributed by atoms with E-state index in [1.165, 1.54) is 0 Å². The number of hydrogen-bond acceptors (Lipinski definition) is 0. The summed E-state index contributed by atoms with van der Waals surface area (Å²) in [4.78, 5) is 0. The molecule has 0 nitrogen and oxygen atoms in total. The molecule has 0 saturated heterocycles. The van der Waals surface area contributed by atoms with Crippen molar-refractivity contribution in [1.29, 1.82) is 0 Å². The van der Waals surface area contributed by atoms with Crippen molar-refractivity contribution in [1.82, 2.24) is 0 Å². The van der Waals surface area contributed by atoms with E-state index in [1.807, 2.05) is 0 Å². The van der Waals surface area contributed by atoms with Crippen molar-refractivity contribution in [2.45, 2.75) is 6.92 Å². The second-order valence-electron chi connectivity index (χ2n) is 2.20. The van der Waals surface area contributed by atoms with Crippen molar-refractivity contribution in [3.05, 3.63) is 29.1 Å². The smallest absolute Gasteiger partial charge is 0.164 e. The lowest BCUT2D eigenvalue weighted by Gasteiger charge is -2.02. The van der Waals surface area contributed by atoms with Crippen LogP contribution in [0.15, 0.2) is 6.07 Å². The highest BCUT2D eigenvalue weighted by Crippen LogP contribution is 2.11. The van der Waals surface area contributed by atoms with E-state index in [1.54, 1.807) is 0 Å². The van der Waals surface area contributed by atoms with Gasteiger partial charge in [0.2, 0.25) is 0 Å². The van der Waals surface area contributed by atoms with Crippen molar-refractivity contribution in [2.24, 2.45) is 0 Å². The molecule has 0 heterocycles. The van der Waals surface area contributed by atoms with Crippen LogP contribution in [0.3, 0.4) is 0 Å². The Labute approximate surface area is 63.4 Å². The molecule has 0 atom stereocenters. The Bertz CT molecular complexity index is 270. The minimum Gasteiger partial charge on any atom is -0.207 e. The van der Waals surface area contributed by atoms with Gasteiger partial charge in [0, 0.05) is 5.56 Å². The summed E-state index contributed by atoms with van der Waals surface area (Å²) in [6.07, 6.45) is 0. The van der Waals surface area contributed by atoms with Gasteiger partial charge in [-0.2, -0.15) is 0 Å². The lowest BCUT2D eigenvalue weighted by molar-refractivity contribution is 0.492. The van der Waals surface area contributed by atoms with Gasteiger partial charge in [-0.25, -0.2) is 13.2 Å². The van der Waals surface area contributed by atoms with Crippen molar-refractivity contribution in [3.63, 3.8) is 0 Å². The van der Waals surface area contributed by atoms with E-state index in [0.717, 1.165) is 13.0 Å². The van der Waals surface area contributed by atoms with Crippen molar-refractivity contribution in [2.75, 3.05) is 0 Å².